The SMILES string of the molecule is CSc1ccc(C(=O)NCC2CNC2)o1.Cl. The highest BCUT2D eigenvalue weighted by atomic mass is 35.5. The Hall–Kier alpha value is -0.650. The summed E-state index contributed by atoms with van der Waals surface area (Å²) in [7, 11) is 0. The minimum absolute atomic E-state index is 0. The third kappa shape index (κ3) is 3.17. The molecular weight excluding hydrogens is 248 g/mol. The molecule has 0 radical (unpaired) electrons. The maximum absolute atomic E-state index is 11.6. The van der Waals surface area contributed by atoms with Crippen LogP contribution >= 0.6 is 24.2 Å². The van der Waals surface area contributed by atoms with Crippen LogP contribution in [-0.2, 0) is 0 Å². The molecule has 90 valence electrons. The zero-order chi connectivity index (χ0) is 10.7. The van der Waals surface area contributed by atoms with Gasteiger partial charge in [0, 0.05) is 25.6 Å². The Morgan fingerprint density at radius 2 is 2.38 bits per heavy atom. The molecular formula is C10H15ClN2O2S. The summed E-state index contributed by atoms with van der Waals surface area (Å²) in [5.41, 5.74) is 0. The predicted octanol–water partition coefficient (Wildman–Crippen LogP) is 1.37. The van der Waals surface area contributed by atoms with Crippen molar-refractivity contribution in [3.05, 3.63) is 17.9 Å². The van der Waals surface area contributed by atoms with E-state index in [1.807, 2.05) is 12.3 Å². The van der Waals surface area contributed by atoms with Crippen molar-refractivity contribution >= 4 is 30.1 Å². The van der Waals surface area contributed by atoms with Gasteiger partial charge in [-0.15, -0.1) is 12.4 Å². The van der Waals surface area contributed by atoms with Crippen LogP contribution in [0.3, 0.4) is 0 Å². The van der Waals surface area contributed by atoms with Gasteiger partial charge in [0.15, 0.2) is 10.9 Å². The van der Waals surface area contributed by atoms with E-state index in [9.17, 15) is 4.79 Å². The third-order valence-corrected chi connectivity index (χ3v) is 3.05. The van der Waals surface area contributed by atoms with E-state index in [1.165, 1.54) is 11.8 Å². The molecule has 1 amide bonds. The number of thioether (sulfide) groups is 1. The molecule has 4 nitrogen and oxygen atoms in total. The van der Waals surface area contributed by atoms with Crippen molar-refractivity contribution in [2.24, 2.45) is 5.92 Å². The van der Waals surface area contributed by atoms with Gasteiger partial charge in [0.1, 0.15) is 0 Å². The van der Waals surface area contributed by atoms with Crippen LogP contribution in [0, 0.1) is 5.92 Å². The average molecular weight is 263 g/mol. The van der Waals surface area contributed by atoms with E-state index in [2.05, 4.69) is 10.6 Å². The number of halogens is 1. The van der Waals surface area contributed by atoms with Crippen LogP contribution < -0.4 is 10.6 Å². The Morgan fingerprint density at radius 3 is 2.88 bits per heavy atom. The van der Waals surface area contributed by atoms with Gasteiger partial charge in [0.25, 0.3) is 5.91 Å². The Balaban J connectivity index is 0.00000128. The molecule has 0 aromatic carbocycles. The first-order valence-corrected chi connectivity index (χ1v) is 6.15. The quantitative estimate of drug-likeness (QED) is 0.805. The van der Waals surface area contributed by atoms with Gasteiger partial charge in [0.2, 0.25) is 0 Å². The van der Waals surface area contributed by atoms with Crippen molar-refractivity contribution in [2.75, 3.05) is 25.9 Å². The molecule has 0 unspecified atom stereocenters. The molecule has 2 N–H and O–H groups in total. The van der Waals surface area contributed by atoms with Gasteiger partial charge in [-0.3, -0.25) is 4.79 Å². The first-order valence-electron chi connectivity index (χ1n) is 4.92. The topological polar surface area (TPSA) is 54.3 Å². The summed E-state index contributed by atoms with van der Waals surface area (Å²) in [6, 6.07) is 3.52. The van der Waals surface area contributed by atoms with Crippen molar-refractivity contribution in [1.82, 2.24) is 10.6 Å². The van der Waals surface area contributed by atoms with E-state index in [0.717, 1.165) is 24.7 Å². The zero-order valence-corrected chi connectivity index (χ0v) is 10.6. The lowest BCUT2D eigenvalue weighted by Crippen LogP contribution is -2.48. The summed E-state index contributed by atoms with van der Waals surface area (Å²) in [6.07, 6.45) is 1.92. The highest BCUT2D eigenvalue weighted by Crippen LogP contribution is 2.17. The lowest BCUT2D eigenvalue weighted by atomic mass is 10.0. The van der Waals surface area contributed by atoms with Crippen molar-refractivity contribution < 1.29 is 9.21 Å². The maximum Gasteiger partial charge on any atom is 0.287 e. The summed E-state index contributed by atoms with van der Waals surface area (Å²) in [5.74, 6) is 0.845. The van der Waals surface area contributed by atoms with E-state index >= 15 is 0 Å². The Kier molecular flexibility index (Phi) is 5.18. The van der Waals surface area contributed by atoms with Gasteiger partial charge in [-0.25, -0.2) is 0 Å². The molecule has 1 aromatic rings. The molecule has 0 aliphatic carbocycles. The van der Waals surface area contributed by atoms with E-state index < -0.39 is 0 Å². The molecule has 1 aromatic heterocycles. The first kappa shape index (κ1) is 13.4. The number of hydrogen-bond acceptors (Lipinski definition) is 4. The molecule has 1 fully saturated rings. The number of carbonyl (C=O) groups excluding carboxylic acids is 1. The van der Waals surface area contributed by atoms with Crippen LogP contribution in [0.1, 0.15) is 10.6 Å². The smallest absolute Gasteiger partial charge is 0.287 e. The number of carbonyl (C=O) groups is 1. The van der Waals surface area contributed by atoms with Gasteiger partial charge in [-0.05, 0) is 18.4 Å². The van der Waals surface area contributed by atoms with Crippen molar-refractivity contribution in [2.45, 2.75) is 5.09 Å². The molecule has 2 rings (SSSR count). The van der Waals surface area contributed by atoms with Crippen LogP contribution in [0.4, 0.5) is 0 Å². The van der Waals surface area contributed by atoms with Crippen LogP contribution in [0.2, 0.25) is 0 Å². The molecule has 1 aliphatic rings. The second-order valence-corrected chi connectivity index (χ2v) is 4.37. The molecule has 16 heavy (non-hydrogen) atoms. The van der Waals surface area contributed by atoms with Gasteiger partial charge >= 0.3 is 0 Å². The van der Waals surface area contributed by atoms with E-state index in [0.29, 0.717) is 11.7 Å². The van der Waals surface area contributed by atoms with Crippen molar-refractivity contribution in [1.29, 1.82) is 0 Å². The zero-order valence-electron chi connectivity index (χ0n) is 8.99. The Labute approximate surface area is 105 Å². The Morgan fingerprint density at radius 1 is 1.62 bits per heavy atom. The fourth-order valence-electron chi connectivity index (χ4n) is 1.37. The summed E-state index contributed by atoms with van der Waals surface area (Å²) in [5, 5.41) is 6.79. The van der Waals surface area contributed by atoms with Crippen molar-refractivity contribution in [3.8, 4) is 0 Å². The van der Waals surface area contributed by atoms with Crippen LogP contribution in [0.25, 0.3) is 0 Å². The Bertz CT molecular complexity index is 352. The van der Waals surface area contributed by atoms with Crippen LogP contribution in [0.15, 0.2) is 21.6 Å². The minimum atomic E-state index is -0.123. The van der Waals surface area contributed by atoms with Gasteiger partial charge in [-0.2, -0.15) is 0 Å². The number of furan rings is 1. The highest BCUT2D eigenvalue weighted by Gasteiger charge is 2.18. The second kappa shape index (κ2) is 6.18. The predicted molar refractivity (Wildman–Crippen MR) is 66.4 cm³/mol. The van der Waals surface area contributed by atoms with Crippen molar-refractivity contribution in [3.63, 3.8) is 0 Å². The molecule has 1 aliphatic heterocycles. The molecule has 0 saturated carbocycles. The second-order valence-electron chi connectivity index (χ2n) is 3.56. The third-order valence-electron chi connectivity index (χ3n) is 2.42. The molecule has 6 heteroatoms. The summed E-state index contributed by atoms with van der Waals surface area (Å²) in [6.45, 7) is 2.71. The maximum atomic E-state index is 11.6. The summed E-state index contributed by atoms with van der Waals surface area (Å²) in [4.78, 5) is 11.6. The van der Waals surface area contributed by atoms with E-state index in [1.54, 1.807) is 6.07 Å². The monoisotopic (exact) mass is 262 g/mol. The molecule has 0 atom stereocenters. The van der Waals surface area contributed by atoms with Gasteiger partial charge in [0.05, 0.1) is 0 Å². The lowest BCUT2D eigenvalue weighted by molar-refractivity contribution is 0.0909. The molecule has 1 saturated heterocycles. The molecule has 2 heterocycles. The normalized spacial score (nSPS) is 15.1. The highest BCUT2D eigenvalue weighted by molar-refractivity contribution is 7.98. The fraction of sp³-hybridized carbons (Fsp3) is 0.500. The fourth-order valence-corrected chi connectivity index (χ4v) is 1.75. The minimum Gasteiger partial charge on any atom is -0.445 e. The molecule has 0 bridgehead atoms. The number of amides is 1. The van der Waals surface area contributed by atoms with Gasteiger partial charge in [-0.1, -0.05) is 11.8 Å². The number of rotatable bonds is 4. The number of nitrogens with one attached hydrogen (secondary N) is 2. The standard InChI is InChI=1S/C10H14N2O2S.ClH/c1-15-9-3-2-8(14-9)10(13)12-6-7-4-11-5-7;/h2-3,7,11H,4-6H2,1H3,(H,12,13);1H. The van der Waals surface area contributed by atoms with E-state index in [-0.39, 0.29) is 18.3 Å². The average Bonchev–Trinajstić information content (AvgIpc) is 2.63. The van der Waals surface area contributed by atoms with Crippen LogP contribution in [0.5, 0.6) is 0 Å². The first-order chi connectivity index (χ1) is 7.29. The van der Waals surface area contributed by atoms with E-state index in [4.69, 9.17) is 4.42 Å². The number of hydrogen-bond donors (Lipinski definition) is 2. The molecule has 0 spiro atoms. The summed E-state index contributed by atoms with van der Waals surface area (Å²) >= 11 is 1.49. The summed E-state index contributed by atoms with van der Waals surface area (Å²) < 4.78 is 5.31. The lowest BCUT2D eigenvalue weighted by Gasteiger charge is -2.26. The van der Waals surface area contributed by atoms with Crippen LogP contribution in [-0.4, -0.2) is 31.8 Å². The largest absolute Gasteiger partial charge is 0.445 e. The van der Waals surface area contributed by atoms with Gasteiger partial charge < -0.3 is 15.1 Å².